The molecule has 3 aromatic rings. The Labute approximate surface area is 188 Å². The van der Waals surface area contributed by atoms with E-state index in [1.807, 2.05) is 31.2 Å². The zero-order chi connectivity index (χ0) is 21.8. The summed E-state index contributed by atoms with van der Waals surface area (Å²) in [6, 6.07) is 12.3. The molecule has 8 heteroatoms. The molecule has 1 aliphatic rings. The summed E-state index contributed by atoms with van der Waals surface area (Å²) in [7, 11) is 0. The van der Waals surface area contributed by atoms with Gasteiger partial charge in [0.05, 0.1) is 4.47 Å². The molecule has 1 N–H and O–H groups in total. The van der Waals surface area contributed by atoms with E-state index in [0.717, 1.165) is 11.3 Å². The van der Waals surface area contributed by atoms with Crippen LogP contribution >= 0.6 is 15.9 Å². The lowest BCUT2D eigenvalue weighted by Gasteiger charge is -2.32. The van der Waals surface area contributed by atoms with Crippen LogP contribution in [0.5, 0.6) is 11.6 Å². The van der Waals surface area contributed by atoms with Gasteiger partial charge in [0, 0.05) is 37.1 Å². The molecule has 0 unspecified atom stereocenters. The van der Waals surface area contributed by atoms with Crippen LogP contribution in [0, 0.1) is 18.7 Å². The molecular formula is C23H22BrFN4O2. The lowest BCUT2D eigenvalue weighted by molar-refractivity contribution is -0.120. The van der Waals surface area contributed by atoms with E-state index in [1.165, 1.54) is 6.07 Å². The van der Waals surface area contributed by atoms with Gasteiger partial charge in [0.2, 0.25) is 5.91 Å². The van der Waals surface area contributed by atoms with E-state index in [0.29, 0.717) is 47.8 Å². The highest BCUT2D eigenvalue weighted by Gasteiger charge is 2.27. The van der Waals surface area contributed by atoms with E-state index in [9.17, 15) is 9.18 Å². The van der Waals surface area contributed by atoms with E-state index < -0.39 is 5.82 Å². The number of ether oxygens (including phenoxy) is 1. The highest BCUT2D eigenvalue weighted by atomic mass is 79.9. The number of carbonyl (C=O) groups is 1. The first-order chi connectivity index (χ1) is 15.0. The lowest BCUT2D eigenvalue weighted by atomic mass is 9.96. The monoisotopic (exact) mass is 484 g/mol. The quantitative estimate of drug-likeness (QED) is 0.529. The third kappa shape index (κ3) is 5.02. The predicted molar refractivity (Wildman–Crippen MR) is 121 cm³/mol. The number of aryl methyl sites for hydroxylation is 1. The molecule has 1 saturated heterocycles. The van der Waals surface area contributed by atoms with Crippen LogP contribution in [0.15, 0.2) is 59.3 Å². The first kappa shape index (κ1) is 21.2. The van der Waals surface area contributed by atoms with Gasteiger partial charge in [-0.05, 0) is 65.5 Å². The Morgan fingerprint density at radius 1 is 1.16 bits per heavy atom. The van der Waals surface area contributed by atoms with Crippen molar-refractivity contribution < 1.29 is 13.9 Å². The summed E-state index contributed by atoms with van der Waals surface area (Å²) in [5, 5.41) is 2.81. The summed E-state index contributed by atoms with van der Waals surface area (Å²) in [4.78, 5) is 23.6. The van der Waals surface area contributed by atoms with Gasteiger partial charge in [-0.3, -0.25) is 4.79 Å². The number of piperidine rings is 1. The van der Waals surface area contributed by atoms with Crippen molar-refractivity contribution in [2.45, 2.75) is 19.8 Å². The molecule has 2 aromatic carbocycles. The molecule has 1 amide bonds. The normalized spacial score (nSPS) is 14.4. The summed E-state index contributed by atoms with van der Waals surface area (Å²) in [5.41, 5.74) is 1.47. The Hall–Kier alpha value is -3.00. The van der Waals surface area contributed by atoms with Crippen molar-refractivity contribution in [3.63, 3.8) is 0 Å². The number of anilines is 2. The molecule has 1 aliphatic heterocycles. The molecule has 6 nitrogen and oxygen atoms in total. The molecule has 0 saturated carbocycles. The molecule has 0 aliphatic carbocycles. The average Bonchev–Trinajstić information content (AvgIpc) is 2.78. The topological polar surface area (TPSA) is 67.4 Å². The summed E-state index contributed by atoms with van der Waals surface area (Å²) in [6.45, 7) is 3.28. The molecule has 0 atom stereocenters. The highest BCUT2D eigenvalue weighted by molar-refractivity contribution is 9.10. The van der Waals surface area contributed by atoms with Crippen LogP contribution in [0.2, 0.25) is 0 Å². The van der Waals surface area contributed by atoms with E-state index in [-0.39, 0.29) is 11.8 Å². The fourth-order valence-corrected chi connectivity index (χ4v) is 3.80. The second kappa shape index (κ2) is 9.43. The van der Waals surface area contributed by atoms with Crippen LogP contribution in [0.1, 0.15) is 18.4 Å². The largest absolute Gasteiger partial charge is 0.436 e. The lowest BCUT2D eigenvalue weighted by Crippen LogP contribution is -2.38. The highest BCUT2D eigenvalue weighted by Crippen LogP contribution is 2.32. The minimum Gasteiger partial charge on any atom is -0.436 e. The molecule has 4 rings (SSSR count). The number of hydrogen-bond acceptors (Lipinski definition) is 5. The van der Waals surface area contributed by atoms with Crippen LogP contribution in [0.3, 0.4) is 0 Å². The van der Waals surface area contributed by atoms with Crippen molar-refractivity contribution in [3.05, 3.63) is 70.7 Å². The zero-order valence-electron chi connectivity index (χ0n) is 17.0. The molecule has 0 spiro atoms. The van der Waals surface area contributed by atoms with Crippen molar-refractivity contribution in [1.82, 2.24) is 9.97 Å². The molecular weight excluding hydrogens is 463 g/mol. The number of halogens is 2. The maximum atomic E-state index is 13.7. The van der Waals surface area contributed by atoms with Gasteiger partial charge in [-0.25, -0.2) is 14.4 Å². The fourth-order valence-electron chi connectivity index (χ4n) is 3.55. The van der Waals surface area contributed by atoms with Gasteiger partial charge in [0.1, 0.15) is 11.6 Å². The average molecular weight is 485 g/mol. The first-order valence-electron chi connectivity index (χ1n) is 10.1. The Morgan fingerprint density at radius 3 is 2.65 bits per heavy atom. The second-order valence-electron chi connectivity index (χ2n) is 7.43. The van der Waals surface area contributed by atoms with Crippen LogP contribution in [-0.4, -0.2) is 29.0 Å². The van der Waals surface area contributed by atoms with Gasteiger partial charge in [0.25, 0.3) is 5.88 Å². The first-order valence-corrected chi connectivity index (χ1v) is 10.9. The van der Waals surface area contributed by atoms with Crippen molar-refractivity contribution in [1.29, 1.82) is 0 Å². The number of hydrogen-bond donors (Lipinski definition) is 1. The number of nitrogens with zero attached hydrogens (tertiary/aromatic N) is 3. The number of aromatic nitrogens is 2. The number of rotatable bonds is 5. The maximum absolute atomic E-state index is 13.7. The number of carbonyl (C=O) groups excluding carboxylic acids is 1. The predicted octanol–water partition coefficient (Wildman–Crippen LogP) is 5.33. The zero-order valence-corrected chi connectivity index (χ0v) is 18.6. The number of para-hydroxylation sites is 1. The van der Waals surface area contributed by atoms with Gasteiger partial charge in [-0.15, -0.1) is 0 Å². The standard InChI is InChI=1S/C23H22BrFN4O2/c1-15-4-2-3-5-20(15)31-23-21(26-10-11-27-23)29-12-8-16(9-13-29)22(30)28-17-6-7-18(24)19(25)14-17/h2-7,10-11,14,16H,8-9,12-13H2,1H3,(H,28,30). The minimum absolute atomic E-state index is 0.100. The van der Waals surface area contributed by atoms with Crippen LogP contribution in [0.25, 0.3) is 0 Å². The molecule has 2 heterocycles. The van der Waals surface area contributed by atoms with Crippen LogP contribution in [0.4, 0.5) is 15.9 Å². The van der Waals surface area contributed by atoms with E-state index in [4.69, 9.17) is 4.74 Å². The Balaban J connectivity index is 1.40. The molecule has 160 valence electrons. The van der Waals surface area contributed by atoms with Crippen molar-refractivity contribution in [3.8, 4) is 11.6 Å². The Bertz CT molecular complexity index is 1090. The third-order valence-corrected chi connectivity index (χ3v) is 5.94. The molecule has 1 fully saturated rings. The summed E-state index contributed by atoms with van der Waals surface area (Å²) in [5.74, 6) is 1.19. The van der Waals surface area contributed by atoms with Crippen molar-refractivity contribution in [2.75, 3.05) is 23.3 Å². The van der Waals surface area contributed by atoms with Gasteiger partial charge >= 0.3 is 0 Å². The maximum Gasteiger partial charge on any atom is 0.263 e. The fraction of sp³-hybridized carbons (Fsp3) is 0.261. The van der Waals surface area contributed by atoms with Crippen molar-refractivity contribution >= 4 is 33.3 Å². The Kier molecular flexibility index (Phi) is 6.46. The van der Waals surface area contributed by atoms with Gasteiger partial charge in [-0.1, -0.05) is 18.2 Å². The van der Waals surface area contributed by atoms with E-state index >= 15 is 0 Å². The van der Waals surface area contributed by atoms with E-state index in [2.05, 4.69) is 36.1 Å². The number of amides is 1. The summed E-state index contributed by atoms with van der Waals surface area (Å²) >= 11 is 3.12. The molecule has 0 radical (unpaired) electrons. The van der Waals surface area contributed by atoms with Crippen LogP contribution < -0.4 is 15.0 Å². The van der Waals surface area contributed by atoms with Gasteiger partial charge in [-0.2, -0.15) is 0 Å². The summed E-state index contributed by atoms with van der Waals surface area (Å²) < 4.78 is 20.1. The van der Waals surface area contributed by atoms with Gasteiger partial charge in [0.15, 0.2) is 5.82 Å². The molecule has 1 aromatic heterocycles. The number of benzene rings is 2. The smallest absolute Gasteiger partial charge is 0.263 e. The Morgan fingerprint density at radius 2 is 1.90 bits per heavy atom. The second-order valence-corrected chi connectivity index (χ2v) is 8.29. The number of nitrogens with one attached hydrogen (secondary N) is 1. The summed E-state index contributed by atoms with van der Waals surface area (Å²) in [6.07, 6.45) is 4.56. The SMILES string of the molecule is Cc1ccccc1Oc1nccnc1N1CCC(C(=O)Nc2ccc(Br)c(F)c2)CC1. The molecule has 0 bridgehead atoms. The minimum atomic E-state index is -0.406. The third-order valence-electron chi connectivity index (χ3n) is 5.30. The molecule has 31 heavy (non-hydrogen) atoms. The van der Waals surface area contributed by atoms with Crippen molar-refractivity contribution in [2.24, 2.45) is 5.92 Å². The van der Waals surface area contributed by atoms with Gasteiger partial charge < -0.3 is 15.0 Å². The van der Waals surface area contributed by atoms with Crippen LogP contribution in [-0.2, 0) is 4.79 Å². The van der Waals surface area contributed by atoms with E-state index in [1.54, 1.807) is 24.5 Å².